The van der Waals surface area contributed by atoms with Gasteiger partial charge in [0.25, 0.3) is 5.91 Å². The van der Waals surface area contributed by atoms with Gasteiger partial charge < -0.3 is 5.32 Å². The molecule has 4 heteroatoms. The Kier molecular flexibility index (Phi) is 4.32. The van der Waals surface area contributed by atoms with Crippen molar-refractivity contribution in [2.45, 2.75) is 33.6 Å². The van der Waals surface area contributed by atoms with Crippen LogP contribution in [0.1, 0.15) is 39.3 Å². The normalized spacial score (nSPS) is 10.5. The minimum absolute atomic E-state index is 0.0775. The van der Waals surface area contributed by atoms with Gasteiger partial charge in [0.2, 0.25) is 0 Å². The summed E-state index contributed by atoms with van der Waals surface area (Å²) in [7, 11) is 0. The van der Waals surface area contributed by atoms with Crippen molar-refractivity contribution < 1.29 is 4.79 Å². The summed E-state index contributed by atoms with van der Waals surface area (Å²) < 4.78 is 0. The number of nitrogens with zero attached hydrogens (tertiary/aromatic N) is 1. The molecule has 0 saturated carbocycles. The van der Waals surface area contributed by atoms with Gasteiger partial charge >= 0.3 is 0 Å². The fraction of sp³-hybridized carbons (Fsp3) is 0.333. The van der Waals surface area contributed by atoms with Gasteiger partial charge in [-0.25, -0.2) is 4.98 Å². The maximum absolute atomic E-state index is 12.1. The number of aromatic nitrogens is 1. The first-order chi connectivity index (χ1) is 9.10. The lowest BCUT2D eigenvalue weighted by Gasteiger charge is -2.05. The molecule has 1 N–H and O–H groups in total. The Balaban J connectivity index is 2.08. The van der Waals surface area contributed by atoms with Gasteiger partial charge in [-0.15, -0.1) is 11.3 Å². The molecular weight excluding hydrogens is 256 g/mol. The highest BCUT2D eigenvalue weighted by atomic mass is 32.1. The zero-order chi connectivity index (χ0) is 13.8. The van der Waals surface area contributed by atoms with E-state index in [0.29, 0.717) is 4.88 Å². The molecule has 3 nitrogen and oxygen atoms in total. The molecule has 2 rings (SSSR count). The third-order valence-corrected chi connectivity index (χ3v) is 3.93. The molecule has 1 heterocycles. The maximum atomic E-state index is 12.1. The Morgan fingerprint density at radius 2 is 1.95 bits per heavy atom. The van der Waals surface area contributed by atoms with Gasteiger partial charge in [-0.2, -0.15) is 0 Å². The number of anilines is 1. The van der Waals surface area contributed by atoms with Crippen molar-refractivity contribution in [3.05, 3.63) is 45.4 Å². The van der Waals surface area contributed by atoms with E-state index in [9.17, 15) is 4.79 Å². The Bertz CT molecular complexity index is 572. The predicted molar refractivity (Wildman–Crippen MR) is 80.0 cm³/mol. The van der Waals surface area contributed by atoms with Crippen LogP contribution in [-0.4, -0.2) is 10.9 Å². The standard InChI is InChI=1S/C15H18N2OS/c1-4-5-12-6-8-13(9-7-12)17-15(18)14-10(2)16-11(3)19-14/h6-9H,4-5H2,1-3H3,(H,17,18). The molecule has 1 amide bonds. The van der Waals surface area contributed by atoms with Crippen LogP contribution < -0.4 is 5.32 Å². The molecule has 0 saturated heterocycles. The van der Waals surface area contributed by atoms with Crippen molar-refractivity contribution in [3.8, 4) is 0 Å². The smallest absolute Gasteiger partial charge is 0.267 e. The Morgan fingerprint density at radius 3 is 2.47 bits per heavy atom. The summed E-state index contributed by atoms with van der Waals surface area (Å²) >= 11 is 1.43. The van der Waals surface area contributed by atoms with Crippen LogP contribution in [0.2, 0.25) is 0 Å². The van der Waals surface area contributed by atoms with Crippen molar-refractivity contribution in [1.29, 1.82) is 0 Å². The average Bonchev–Trinajstić information content (AvgIpc) is 2.71. The van der Waals surface area contributed by atoms with E-state index < -0.39 is 0 Å². The largest absolute Gasteiger partial charge is 0.321 e. The second-order valence-electron chi connectivity index (χ2n) is 4.55. The quantitative estimate of drug-likeness (QED) is 0.916. The molecule has 100 valence electrons. The first kappa shape index (κ1) is 13.7. The molecule has 1 aromatic carbocycles. The summed E-state index contributed by atoms with van der Waals surface area (Å²) in [6.07, 6.45) is 2.20. The van der Waals surface area contributed by atoms with Crippen LogP contribution in [0.5, 0.6) is 0 Å². The van der Waals surface area contributed by atoms with Gasteiger partial charge in [0.05, 0.1) is 10.7 Å². The highest BCUT2D eigenvalue weighted by Gasteiger charge is 2.13. The molecule has 2 aromatic rings. The van der Waals surface area contributed by atoms with E-state index in [1.54, 1.807) is 0 Å². The van der Waals surface area contributed by atoms with Crippen molar-refractivity contribution in [3.63, 3.8) is 0 Å². The zero-order valence-corrected chi connectivity index (χ0v) is 12.3. The van der Waals surface area contributed by atoms with E-state index in [0.717, 1.165) is 29.2 Å². The zero-order valence-electron chi connectivity index (χ0n) is 11.5. The monoisotopic (exact) mass is 274 g/mol. The summed E-state index contributed by atoms with van der Waals surface area (Å²) in [6.45, 7) is 5.93. The first-order valence-electron chi connectivity index (χ1n) is 6.44. The molecule has 0 radical (unpaired) electrons. The molecule has 0 atom stereocenters. The maximum Gasteiger partial charge on any atom is 0.267 e. The van der Waals surface area contributed by atoms with Crippen molar-refractivity contribution in [1.82, 2.24) is 4.98 Å². The number of hydrogen-bond acceptors (Lipinski definition) is 3. The van der Waals surface area contributed by atoms with Crippen molar-refractivity contribution in [2.75, 3.05) is 5.32 Å². The van der Waals surface area contributed by atoms with Crippen LogP contribution >= 0.6 is 11.3 Å². The van der Waals surface area contributed by atoms with E-state index in [-0.39, 0.29) is 5.91 Å². The first-order valence-corrected chi connectivity index (χ1v) is 7.26. The molecule has 0 unspecified atom stereocenters. The third kappa shape index (κ3) is 3.41. The second-order valence-corrected chi connectivity index (χ2v) is 5.75. The van der Waals surface area contributed by atoms with E-state index in [1.807, 2.05) is 26.0 Å². The molecule has 0 bridgehead atoms. The summed E-state index contributed by atoms with van der Waals surface area (Å²) in [5.41, 5.74) is 2.92. The molecule has 19 heavy (non-hydrogen) atoms. The Labute approximate surface area is 117 Å². The topological polar surface area (TPSA) is 42.0 Å². The fourth-order valence-corrected chi connectivity index (χ4v) is 2.79. The number of benzene rings is 1. The molecular formula is C15H18N2OS. The number of hydrogen-bond donors (Lipinski definition) is 1. The lowest BCUT2D eigenvalue weighted by atomic mass is 10.1. The number of carbonyl (C=O) groups is 1. The number of rotatable bonds is 4. The van der Waals surface area contributed by atoms with E-state index in [4.69, 9.17) is 0 Å². The van der Waals surface area contributed by atoms with Gasteiger partial charge in [0.15, 0.2) is 0 Å². The number of thiazole rings is 1. The second kappa shape index (κ2) is 5.97. The van der Waals surface area contributed by atoms with E-state index in [2.05, 4.69) is 29.4 Å². The van der Waals surface area contributed by atoms with Gasteiger partial charge in [0.1, 0.15) is 4.88 Å². The summed E-state index contributed by atoms with van der Waals surface area (Å²) in [4.78, 5) is 17.1. The van der Waals surface area contributed by atoms with Gasteiger partial charge in [0, 0.05) is 5.69 Å². The van der Waals surface area contributed by atoms with Crippen molar-refractivity contribution >= 4 is 22.9 Å². The molecule has 0 aliphatic rings. The third-order valence-electron chi connectivity index (χ3n) is 2.86. The molecule has 0 fully saturated rings. The molecule has 1 aromatic heterocycles. The Hall–Kier alpha value is -1.68. The number of aryl methyl sites for hydroxylation is 3. The van der Waals surface area contributed by atoms with Crippen molar-refractivity contribution in [2.24, 2.45) is 0 Å². The highest BCUT2D eigenvalue weighted by Crippen LogP contribution is 2.19. The van der Waals surface area contributed by atoms with Crippen LogP contribution in [0.15, 0.2) is 24.3 Å². The summed E-state index contributed by atoms with van der Waals surface area (Å²) in [5.74, 6) is -0.0775. The summed E-state index contributed by atoms with van der Waals surface area (Å²) in [6, 6.07) is 8.02. The van der Waals surface area contributed by atoms with Crippen LogP contribution in [-0.2, 0) is 6.42 Å². The predicted octanol–water partition coefficient (Wildman–Crippen LogP) is 3.96. The van der Waals surface area contributed by atoms with Gasteiger partial charge in [-0.05, 0) is 38.0 Å². The molecule has 0 aliphatic heterocycles. The van der Waals surface area contributed by atoms with Gasteiger partial charge in [-0.3, -0.25) is 4.79 Å². The van der Waals surface area contributed by atoms with Crippen LogP contribution in [0.3, 0.4) is 0 Å². The van der Waals surface area contributed by atoms with Gasteiger partial charge in [-0.1, -0.05) is 25.5 Å². The molecule has 0 aliphatic carbocycles. The number of amides is 1. The lowest BCUT2D eigenvalue weighted by molar-refractivity contribution is 0.103. The van der Waals surface area contributed by atoms with E-state index in [1.165, 1.54) is 16.9 Å². The minimum Gasteiger partial charge on any atom is -0.321 e. The molecule has 0 spiro atoms. The fourth-order valence-electron chi connectivity index (χ4n) is 1.97. The Morgan fingerprint density at radius 1 is 1.26 bits per heavy atom. The lowest BCUT2D eigenvalue weighted by Crippen LogP contribution is -2.11. The average molecular weight is 274 g/mol. The number of nitrogens with one attached hydrogen (secondary N) is 1. The van der Waals surface area contributed by atoms with Crippen LogP contribution in [0.25, 0.3) is 0 Å². The highest BCUT2D eigenvalue weighted by molar-refractivity contribution is 7.13. The summed E-state index contributed by atoms with van der Waals surface area (Å²) in [5, 5.41) is 3.83. The van der Waals surface area contributed by atoms with Crippen LogP contribution in [0.4, 0.5) is 5.69 Å². The SMILES string of the molecule is CCCc1ccc(NC(=O)c2sc(C)nc2C)cc1. The number of carbonyl (C=O) groups excluding carboxylic acids is 1. The van der Waals surface area contributed by atoms with Crippen LogP contribution in [0, 0.1) is 13.8 Å². The van der Waals surface area contributed by atoms with E-state index >= 15 is 0 Å². The minimum atomic E-state index is -0.0775.